The number of alkyl halides is 2. The van der Waals surface area contributed by atoms with E-state index < -0.39 is 17.3 Å². The molecule has 1 saturated heterocycles. The average molecular weight is 290 g/mol. The van der Waals surface area contributed by atoms with Gasteiger partial charge in [0.05, 0.1) is 5.41 Å². The van der Waals surface area contributed by atoms with Gasteiger partial charge >= 0.3 is 12.0 Å². The van der Waals surface area contributed by atoms with Crippen molar-refractivity contribution in [3.8, 4) is 0 Å². The van der Waals surface area contributed by atoms with E-state index in [0.29, 0.717) is 25.9 Å². The minimum Gasteiger partial charge on any atom is -0.481 e. The average Bonchev–Trinajstić information content (AvgIpc) is 2.71. The van der Waals surface area contributed by atoms with E-state index in [9.17, 15) is 18.4 Å². The highest BCUT2D eigenvalue weighted by Crippen LogP contribution is 2.43. The number of hydrogen-bond acceptors (Lipinski definition) is 2. The first-order chi connectivity index (χ1) is 9.22. The second-order valence-electron chi connectivity index (χ2n) is 6.19. The van der Waals surface area contributed by atoms with Crippen LogP contribution in [-0.4, -0.2) is 47.6 Å². The molecule has 0 spiro atoms. The Balaban J connectivity index is 1.68. The third kappa shape index (κ3) is 3.19. The van der Waals surface area contributed by atoms with Gasteiger partial charge in [-0.05, 0) is 25.7 Å². The molecule has 1 aliphatic heterocycles. The Morgan fingerprint density at radius 2 is 2.05 bits per heavy atom. The van der Waals surface area contributed by atoms with Gasteiger partial charge in [-0.25, -0.2) is 13.6 Å². The molecule has 2 fully saturated rings. The highest BCUT2D eigenvalue weighted by molar-refractivity contribution is 5.79. The first kappa shape index (κ1) is 15.0. The minimum absolute atomic E-state index is 0.0202. The van der Waals surface area contributed by atoms with Gasteiger partial charge in [0.1, 0.15) is 0 Å². The number of carboxylic acid groups (broad SMARTS) is 1. The monoisotopic (exact) mass is 290 g/mol. The summed E-state index contributed by atoms with van der Waals surface area (Å²) in [6, 6.07) is -0.305. The zero-order valence-electron chi connectivity index (χ0n) is 11.5. The van der Waals surface area contributed by atoms with Crippen LogP contribution in [0.2, 0.25) is 0 Å². The molecule has 20 heavy (non-hydrogen) atoms. The van der Waals surface area contributed by atoms with E-state index >= 15 is 0 Å². The summed E-state index contributed by atoms with van der Waals surface area (Å²) in [5, 5.41) is 11.8. The number of urea groups is 1. The lowest BCUT2D eigenvalue weighted by Gasteiger charge is -2.35. The van der Waals surface area contributed by atoms with E-state index in [0.717, 1.165) is 0 Å². The second-order valence-corrected chi connectivity index (χ2v) is 6.19. The lowest BCUT2D eigenvalue weighted by molar-refractivity contribution is -0.147. The van der Waals surface area contributed by atoms with Gasteiger partial charge in [-0.15, -0.1) is 0 Å². The summed E-state index contributed by atoms with van der Waals surface area (Å²) in [6.45, 7) is 2.59. The molecule has 1 aliphatic carbocycles. The number of aliphatic carboxylic acids is 1. The van der Waals surface area contributed by atoms with Gasteiger partial charge in [0.15, 0.2) is 0 Å². The summed E-state index contributed by atoms with van der Waals surface area (Å²) in [5.74, 6) is -3.44. The molecule has 1 atom stereocenters. The topological polar surface area (TPSA) is 69.6 Å². The molecule has 1 saturated carbocycles. The first-order valence-electron chi connectivity index (χ1n) is 6.86. The maximum atomic E-state index is 12.6. The largest absolute Gasteiger partial charge is 0.481 e. The highest BCUT2D eigenvalue weighted by atomic mass is 19.3. The molecule has 2 rings (SSSR count). The standard InChI is InChI=1S/C13H20F2N2O3/c1-12(10(18)19)3-5-17(8-12)11(20)16-4-2-9-6-13(14,15)7-9/h9H,2-8H2,1H3,(H,16,20)(H,18,19). The molecule has 2 aliphatic rings. The Morgan fingerprint density at radius 1 is 1.40 bits per heavy atom. The maximum absolute atomic E-state index is 12.6. The van der Waals surface area contributed by atoms with Crippen LogP contribution in [0.3, 0.4) is 0 Å². The van der Waals surface area contributed by atoms with Crippen LogP contribution in [0.4, 0.5) is 13.6 Å². The molecule has 2 N–H and O–H groups in total. The van der Waals surface area contributed by atoms with Crippen molar-refractivity contribution < 1.29 is 23.5 Å². The third-order valence-electron chi connectivity index (χ3n) is 4.28. The summed E-state index contributed by atoms with van der Waals surface area (Å²) in [6.07, 6.45) is 0.795. The number of carbonyl (C=O) groups excluding carboxylic acids is 1. The number of rotatable bonds is 4. The molecular weight excluding hydrogens is 270 g/mol. The van der Waals surface area contributed by atoms with E-state index in [2.05, 4.69) is 5.32 Å². The normalized spacial score (nSPS) is 29.1. The Morgan fingerprint density at radius 3 is 2.55 bits per heavy atom. The van der Waals surface area contributed by atoms with Gasteiger partial charge in [-0.1, -0.05) is 0 Å². The molecule has 0 aromatic rings. The molecule has 2 amide bonds. The number of carbonyl (C=O) groups is 2. The van der Waals surface area contributed by atoms with Gasteiger partial charge < -0.3 is 15.3 Å². The van der Waals surface area contributed by atoms with Crippen molar-refractivity contribution in [3.05, 3.63) is 0 Å². The summed E-state index contributed by atoms with van der Waals surface area (Å²) in [4.78, 5) is 24.4. The van der Waals surface area contributed by atoms with Crippen LogP contribution in [0.15, 0.2) is 0 Å². The van der Waals surface area contributed by atoms with Crippen molar-refractivity contribution in [1.29, 1.82) is 0 Å². The van der Waals surface area contributed by atoms with Gasteiger partial charge in [-0.3, -0.25) is 4.79 Å². The molecule has 0 bridgehead atoms. The SMILES string of the molecule is CC1(C(=O)O)CCN(C(=O)NCCC2CC(F)(F)C2)C1. The Hall–Kier alpha value is -1.40. The highest BCUT2D eigenvalue weighted by Gasteiger charge is 2.45. The number of halogens is 2. The van der Waals surface area contributed by atoms with Gasteiger partial charge in [0, 0.05) is 32.5 Å². The fraction of sp³-hybridized carbons (Fsp3) is 0.846. The van der Waals surface area contributed by atoms with Crippen LogP contribution in [0.1, 0.15) is 32.6 Å². The van der Waals surface area contributed by atoms with Gasteiger partial charge in [-0.2, -0.15) is 0 Å². The van der Waals surface area contributed by atoms with Crippen LogP contribution < -0.4 is 5.32 Å². The fourth-order valence-electron chi connectivity index (χ4n) is 2.79. The Kier molecular flexibility index (Phi) is 3.88. The van der Waals surface area contributed by atoms with Crippen LogP contribution in [-0.2, 0) is 4.79 Å². The minimum atomic E-state index is -2.52. The van der Waals surface area contributed by atoms with Crippen molar-refractivity contribution in [2.45, 2.75) is 38.5 Å². The Labute approximate surface area is 116 Å². The number of carboxylic acids is 1. The first-order valence-corrected chi connectivity index (χ1v) is 6.86. The fourth-order valence-corrected chi connectivity index (χ4v) is 2.79. The Bertz CT molecular complexity index is 408. The zero-order chi connectivity index (χ0) is 15.0. The number of amides is 2. The van der Waals surface area contributed by atoms with Crippen LogP contribution in [0.5, 0.6) is 0 Å². The lowest BCUT2D eigenvalue weighted by atomic mass is 9.79. The lowest BCUT2D eigenvalue weighted by Crippen LogP contribution is -2.42. The predicted molar refractivity (Wildman–Crippen MR) is 67.6 cm³/mol. The number of hydrogen-bond donors (Lipinski definition) is 2. The molecule has 1 unspecified atom stereocenters. The van der Waals surface area contributed by atoms with Crippen LogP contribution >= 0.6 is 0 Å². The molecule has 1 heterocycles. The van der Waals surface area contributed by atoms with Crippen molar-refractivity contribution in [3.63, 3.8) is 0 Å². The summed E-state index contributed by atoms with van der Waals surface area (Å²) >= 11 is 0. The molecule has 7 heteroatoms. The van der Waals surface area contributed by atoms with E-state index in [1.165, 1.54) is 4.90 Å². The molecule has 0 aromatic carbocycles. The second kappa shape index (κ2) is 5.18. The van der Waals surface area contributed by atoms with E-state index in [1.807, 2.05) is 0 Å². The smallest absolute Gasteiger partial charge is 0.317 e. The van der Waals surface area contributed by atoms with Gasteiger partial charge in [0.25, 0.3) is 0 Å². The number of likely N-dealkylation sites (tertiary alicyclic amines) is 1. The molecular formula is C13H20F2N2O3. The molecule has 0 radical (unpaired) electrons. The van der Waals surface area contributed by atoms with E-state index in [-0.39, 0.29) is 31.3 Å². The third-order valence-corrected chi connectivity index (χ3v) is 4.28. The zero-order valence-corrected chi connectivity index (χ0v) is 11.5. The van der Waals surface area contributed by atoms with E-state index in [4.69, 9.17) is 5.11 Å². The summed E-state index contributed by atoms with van der Waals surface area (Å²) in [5.41, 5.74) is -0.882. The predicted octanol–water partition coefficient (Wildman–Crippen LogP) is 1.93. The van der Waals surface area contributed by atoms with E-state index in [1.54, 1.807) is 6.92 Å². The maximum Gasteiger partial charge on any atom is 0.317 e. The molecule has 5 nitrogen and oxygen atoms in total. The van der Waals surface area contributed by atoms with Crippen LogP contribution in [0, 0.1) is 11.3 Å². The van der Waals surface area contributed by atoms with Crippen molar-refractivity contribution >= 4 is 12.0 Å². The van der Waals surface area contributed by atoms with Crippen molar-refractivity contribution in [2.75, 3.05) is 19.6 Å². The van der Waals surface area contributed by atoms with Gasteiger partial charge in [0.2, 0.25) is 5.92 Å². The van der Waals surface area contributed by atoms with Crippen molar-refractivity contribution in [1.82, 2.24) is 10.2 Å². The quantitative estimate of drug-likeness (QED) is 0.831. The number of nitrogens with one attached hydrogen (secondary N) is 1. The molecule has 114 valence electrons. The summed E-state index contributed by atoms with van der Waals surface area (Å²) in [7, 11) is 0. The number of nitrogens with zero attached hydrogens (tertiary/aromatic N) is 1. The summed E-state index contributed by atoms with van der Waals surface area (Å²) < 4.78 is 25.3. The molecule has 0 aromatic heterocycles. The van der Waals surface area contributed by atoms with Crippen LogP contribution in [0.25, 0.3) is 0 Å². The van der Waals surface area contributed by atoms with Crippen molar-refractivity contribution in [2.24, 2.45) is 11.3 Å².